The molecule has 0 aliphatic rings. The molecule has 1 nitrogen and oxygen atoms in total. The van der Waals surface area contributed by atoms with Crippen molar-refractivity contribution in [1.82, 2.24) is 0 Å². The zero-order chi connectivity index (χ0) is 7.44. The van der Waals surface area contributed by atoms with Crippen molar-refractivity contribution in [3.63, 3.8) is 0 Å². The molecule has 0 spiro atoms. The van der Waals surface area contributed by atoms with Crippen LogP contribution in [0, 0.1) is 0 Å². The highest BCUT2D eigenvalue weighted by molar-refractivity contribution is 9.11. The molecule has 0 bridgehead atoms. The molecule has 0 heterocycles. The molecular weight excluding hydrogens is 185 g/mol. The second kappa shape index (κ2) is 3.45. The van der Waals surface area contributed by atoms with Crippen LogP contribution in [0.2, 0.25) is 0 Å². The summed E-state index contributed by atoms with van der Waals surface area (Å²) < 4.78 is 12.5. The lowest BCUT2D eigenvalue weighted by Gasteiger charge is -1.92. The summed E-state index contributed by atoms with van der Waals surface area (Å²) in [6.07, 6.45) is 1.35. The monoisotopic (exact) mass is 191 g/mol. The maximum absolute atomic E-state index is 12.0. The van der Waals surface area contributed by atoms with Crippen LogP contribution in [0.4, 0.5) is 4.39 Å². The highest BCUT2D eigenvalue weighted by Crippen LogP contribution is 2.08. The minimum absolute atomic E-state index is 0.00289. The Kier molecular flexibility index (Phi) is 3.24. The van der Waals surface area contributed by atoms with E-state index in [9.17, 15) is 4.39 Å². The highest BCUT2D eigenvalue weighted by atomic mass is 79.9. The fourth-order valence-electron chi connectivity index (χ4n) is 0.247. The Balaban J connectivity index is 4.17. The quantitative estimate of drug-likeness (QED) is 0.667. The van der Waals surface area contributed by atoms with Gasteiger partial charge in [-0.3, -0.25) is 0 Å². The Hall–Kier alpha value is -0.570. The van der Waals surface area contributed by atoms with Crippen LogP contribution in [0.25, 0.3) is 0 Å². The number of hydrogen-bond donors (Lipinski definition) is 1. The summed E-state index contributed by atoms with van der Waals surface area (Å²) in [4.78, 5) is 0. The first-order valence-electron chi connectivity index (χ1n) is 2.20. The van der Waals surface area contributed by atoms with Crippen molar-refractivity contribution in [3.8, 4) is 0 Å². The molecule has 9 heavy (non-hydrogen) atoms. The summed E-state index contributed by atoms with van der Waals surface area (Å²) in [5.74, 6) is -0.643. The standard InChI is InChI=1S/C6H7BrFN/c1-4(7)3-6(9)5(2)8/h3H,1-2,9H2/b6-3+. The second-order valence-electron chi connectivity index (χ2n) is 1.45. The lowest BCUT2D eigenvalue weighted by Crippen LogP contribution is -1.95. The van der Waals surface area contributed by atoms with Gasteiger partial charge in [-0.1, -0.05) is 29.1 Å². The van der Waals surface area contributed by atoms with E-state index in [1.165, 1.54) is 6.08 Å². The first-order valence-corrected chi connectivity index (χ1v) is 2.99. The van der Waals surface area contributed by atoms with Gasteiger partial charge in [-0.15, -0.1) is 0 Å². The minimum atomic E-state index is -0.643. The van der Waals surface area contributed by atoms with Crippen molar-refractivity contribution in [1.29, 1.82) is 0 Å². The lowest BCUT2D eigenvalue weighted by molar-refractivity contribution is 0.653. The Morgan fingerprint density at radius 2 is 2.00 bits per heavy atom. The van der Waals surface area contributed by atoms with E-state index < -0.39 is 5.83 Å². The topological polar surface area (TPSA) is 26.0 Å². The maximum Gasteiger partial charge on any atom is 0.138 e. The van der Waals surface area contributed by atoms with Gasteiger partial charge in [0.2, 0.25) is 0 Å². The molecule has 0 radical (unpaired) electrons. The third kappa shape index (κ3) is 3.97. The molecule has 2 N–H and O–H groups in total. The van der Waals surface area contributed by atoms with Crippen molar-refractivity contribution in [3.05, 3.63) is 35.2 Å². The molecule has 0 aromatic heterocycles. The van der Waals surface area contributed by atoms with Crippen LogP contribution in [0.1, 0.15) is 0 Å². The van der Waals surface area contributed by atoms with Crippen molar-refractivity contribution < 1.29 is 4.39 Å². The van der Waals surface area contributed by atoms with Gasteiger partial charge < -0.3 is 5.73 Å². The van der Waals surface area contributed by atoms with E-state index in [-0.39, 0.29) is 5.70 Å². The number of allylic oxidation sites excluding steroid dienone is 3. The Labute approximate surface area is 61.9 Å². The Morgan fingerprint density at radius 3 is 2.11 bits per heavy atom. The van der Waals surface area contributed by atoms with E-state index >= 15 is 0 Å². The SMILES string of the molecule is C=C(Br)/C=C(/N)C(=C)F. The summed E-state index contributed by atoms with van der Waals surface area (Å²) in [7, 11) is 0. The van der Waals surface area contributed by atoms with Gasteiger partial charge in [0.05, 0.1) is 5.70 Å². The van der Waals surface area contributed by atoms with E-state index in [1.807, 2.05) is 0 Å². The van der Waals surface area contributed by atoms with E-state index in [1.54, 1.807) is 0 Å². The fraction of sp³-hybridized carbons (Fsp3) is 0. The third-order valence-electron chi connectivity index (χ3n) is 0.625. The van der Waals surface area contributed by atoms with Gasteiger partial charge in [0.25, 0.3) is 0 Å². The van der Waals surface area contributed by atoms with Gasteiger partial charge in [0.1, 0.15) is 5.83 Å². The molecule has 0 aromatic rings. The fourth-order valence-corrected chi connectivity index (χ4v) is 0.494. The molecule has 0 amide bonds. The average molecular weight is 192 g/mol. The molecule has 0 saturated heterocycles. The number of halogens is 2. The van der Waals surface area contributed by atoms with Crippen LogP contribution in [-0.4, -0.2) is 0 Å². The molecule has 50 valence electrons. The smallest absolute Gasteiger partial charge is 0.138 e. The van der Waals surface area contributed by atoms with Gasteiger partial charge in [0.15, 0.2) is 0 Å². The Bertz CT molecular complexity index is 172. The van der Waals surface area contributed by atoms with Crippen LogP contribution in [0.3, 0.4) is 0 Å². The molecule has 0 aromatic carbocycles. The third-order valence-corrected chi connectivity index (χ3v) is 0.854. The van der Waals surface area contributed by atoms with Crippen molar-refractivity contribution in [2.45, 2.75) is 0 Å². The molecule has 0 fully saturated rings. The minimum Gasteiger partial charge on any atom is -0.396 e. The second-order valence-corrected chi connectivity index (χ2v) is 2.47. The van der Waals surface area contributed by atoms with Crippen LogP contribution >= 0.6 is 15.9 Å². The Morgan fingerprint density at radius 1 is 1.56 bits per heavy atom. The van der Waals surface area contributed by atoms with Gasteiger partial charge in [-0.2, -0.15) is 0 Å². The normalized spacial score (nSPS) is 11.1. The molecule has 0 aliphatic carbocycles. The maximum atomic E-state index is 12.0. The molecular formula is C6H7BrFN. The molecule has 0 atom stereocenters. The molecule has 0 aliphatic heterocycles. The predicted molar refractivity (Wildman–Crippen MR) is 40.6 cm³/mol. The van der Waals surface area contributed by atoms with Crippen LogP contribution in [-0.2, 0) is 0 Å². The van der Waals surface area contributed by atoms with Gasteiger partial charge in [-0.25, -0.2) is 4.39 Å². The first kappa shape index (κ1) is 8.43. The number of nitrogens with two attached hydrogens (primary N) is 1. The summed E-state index contributed by atoms with van der Waals surface area (Å²) in [6.45, 7) is 6.42. The zero-order valence-electron chi connectivity index (χ0n) is 4.82. The number of rotatable bonds is 2. The molecule has 0 rings (SSSR count). The van der Waals surface area contributed by atoms with E-state index in [4.69, 9.17) is 5.73 Å². The predicted octanol–water partition coefficient (Wildman–Crippen LogP) is 2.22. The summed E-state index contributed by atoms with van der Waals surface area (Å²) in [5, 5.41) is 0. The first-order chi connectivity index (χ1) is 4.04. The van der Waals surface area contributed by atoms with E-state index in [2.05, 4.69) is 29.1 Å². The lowest BCUT2D eigenvalue weighted by atomic mass is 10.4. The zero-order valence-corrected chi connectivity index (χ0v) is 6.41. The van der Waals surface area contributed by atoms with Crippen molar-refractivity contribution >= 4 is 15.9 Å². The average Bonchev–Trinajstić information content (AvgIpc) is 1.63. The summed E-state index contributed by atoms with van der Waals surface area (Å²) >= 11 is 2.98. The molecule has 0 saturated carbocycles. The van der Waals surface area contributed by atoms with Gasteiger partial charge in [-0.05, 0) is 6.08 Å². The van der Waals surface area contributed by atoms with Gasteiger partial charge in [0, 0.05) is 4.48 Å². The van der Waals surface area contributed by atoms with E-state index in [0.717, 1.165) is 0 Å². The van der Waals surface area contributed by atoms with Crippen molar-refractivity contribution in [2.75, 3.05) is 0 Å². The largest absolute Gasteiger partial charge is 0.396 e. The van der Waals surface area contributed by atoms with E-state index in [0.29, 0.717) is 4.48 Å². The highest BCUT2D eigenvalue weighted by Gasteiger charge is 1.92. The molecule has 0 unspecified atom stereocenters. The summed E-state index contributed by atoms with van der Waals surface area (Å²) in [6, 6.07) is 0. The van der Waals surface area contributed by atoms with Crippen LogP contribution in [0.5, 0.6) is 0 Å². The van der Waals surface area contributed by atoms with Crippen LogP contribution in [0.15, 0.2) is 35.2 Å². The van der Waals surface area contributed by atoms with Crippen molar-refractivity contribution in [2.24, 2.45) is 5.73 Å². The summed E-state index contributed by atoms with van der Waals surface area (Å²) in [5.41, 5.74) is 5.11. The number of hydrogen-bond acceptors (Lipinski definition) is 1. The molecule has 3 heteroatoms. The van der Waals surface area contributed by atoms with Crippen LogP contribution < -0.4 is 5.73 Å². The van der Waals surface area contributed by atoms with Gasteiger partial charge >= 0.3 is 0 Å².